The summed E-state index contributed by atoms with van der Waals surface area (Å²) < 4.78 is 0. The second kappa shape index (κ2) is 5.00. The van der Waals surface area contributed by atoms with E-state index in [0.29, 0.717) is 0 Å². The third-order valence-electron chi connectivity index (χ3n) is 4.79. The van der Waals surface area contributed by atoms with Crippen LogP contribution in [0.4, 0.5) is 0 Å². The number of hydrogen-bond acceptors (Lipinski definition) is 2. The van der Waals surface area contributed by atoms with Crippen LogP contribution in [0.2, 0.25) is 0 Å². The lowest BCUT2D eigenvalue weighted by atomic mass is 10.0. The van der Waals surface area contributed by atoms with E-state index in [1.165, 1.54) is 27.5 Å². The zero-order chi connectivity index (χ0) is 16.1. The van der Waals surface area contributed by atoms with E-state index in [9.17, 15) is 0 Å². The summed E-state index contributed by atoms with van der Waals surface area (Å²) in [6.45, 7) is 1.98. The molecule has 1 aromatic heterocycles. The highest BCUT2D eigenvalue weighted by atomic mass is 14.9. The van der Waals surface area contributed by atoms with Gasteiger partial charge in [0.05, 0.1) is 11.4 Å². The van der Waals surface area contributed by atoms with Gasteiger partial charge in [-0.1, -0.05) is 66.7 Å². The van der Waals surface area contributed by atoms with E-state index in [2.05, 4.69) is 60.7 Å². The van der Waals surface area contributed by atoms with Gasteiger partial charge in [-0.05, 0) is 23.3 Å². The SMILES string of the molecule is Cc1nc(-c2ccccc2)c2c(n1)-c1c(ccc3ccccc13)C2. The molecule has 0 saturated heterocycles. The number of nitrogens with zero attached hydrogens (tertiary/aromatic N) is 2. The van der Waals surface area contributed by atoms with E-state index in [-0.39, 0.29) is 0 Å². The number of aryl methyl sites for hydroxylation is 1. The first-order valence-electron chi connectivity index (χ1n) is 8.25. The molecule has 0 spiro atoms. The topological polar surface area (TPSA) is 25.8 Å². The second-order valence-electron chi connectivity index (χ2n) is 6.31. The fourth-order valence-corrected chi connectivity index (χ4v) is 3.74. The number of rotatable bonds is 1. The van der Waals surface area contributed by atoms with E-state index >= 15 is 0 Å². The molecule has 4 aromatic rings. The molecule has 0 aliphatic heterocycles. The van der Waals surface area contributed by atoms with E-state index in [0.717, 1.165) is 29.2 Å². The molecule has 5 rings (SSSR count). The van der Waals surface area contributed by atoms with Gasteiger partial charge in [0.25, 0.3) is 0 Å². The van der Waals surface area contributed by atoms with Crippen LogP contribution in [-0.4, -0.2) is 9.97 Å². The summed E-state index contributed by atoms with van der Waals surface area (Å²) in [4.78, 5) is 9.59. The summed E-state index contributed by atoms with van der Waals surface area (Å²) in [6.07, 6.45) is 0.903. The molecule has 0 atom stereocenters. The molecule has 3 aromatic carbocycles. The lowest BCUT2D eigenvalue weighted by Crippen LogP contribution is -1.98. The molecule has 0 unspecified atom stereocenters. The van der Waals surface area contributed by atoms with Crippen molar-refractivity contribution in [1.82, 2.24) is 9.97 Å². The maximum Gasteiger partial charge on any atom is 0.126 e. The summed E-state index contributed by atoms with van der Waals surface area (Å²) >= 11 is 0. The molecule has 2 heteroatoms. The van der Waals surface area contributed by atoms with Crippen LogP contribution < -0.4 is 0 Å². The summed E-state index contributed by atoms with van der Waals surface area (Å²) in [7, 11) is 0. The molecule has 24 heavy (non-hydrogen) atoms. The second-order valence-corrected chi connectivity index (χ2v) is 6.31. The summed E-state index contributed by atoms with van der Waals surface area (Å²) in [5.41, 5.74) is 7.22. The third kappa shape index (κ3) is 1.89. The fourth-order valence-electron chi connectivity index (χ4n) is 3.74. The molecule has 1 aliphatic rings. The van der Waals surface area contributed by atoms with Crippen molar-refractivity contribution in [2.24, 2.45) is 0 Å². The van der Waals surface area contributed by atoms with Gasteiger partial charge in [0.15, 0.2) is 0 Å². The van der Waals surface area contributed by atoms with Crippen LogP contribution in [0.1, 0.15) is 17.0 Å². The number of aromatic nitrogens is 2. The first kappa shape index (κ1) is 13.4. The van der Waals surface area contributed by atoms with E-state index < -0.39 is 0 Å². The van der Waals surface area contributed by atoms with Crippen LogP contribution >= 0.6 is 0 Å². The maximum absolute atomic E-state index is 4.82. The van der Waals surface area contributed by atoms with Crippen molar-refractivity contribution < 1.29 is 0 Å². The normalized spacial score (nSPS) is 12.2. The Hall–Kier alpha value is -3.00. The molecule has 114 valence electrons. The average molecular weight is 308 g/mol. The minimum Gasteiger partial charge on any atom is -0.233 e. The monoisotopic (exact) mass is 308 g/mol. The van der Waals surface area contributed by atoms with E-state index in [1.54, 1.807) is 0 Å². The molecular weight excluding hydrogens is 292 g/mol. The van der Waals surface area contributed by atoms with Crippen molar-refractivity contribution in [3.8, 4) is 22.5 Å². The zero-order valence-electron chi connectivity index (χ0n) is 13.5. The molecule has 1 heterocycles. The molecule has 0 radical (unpaired) electrons. The minimum atomic E-state index is 0.827. The Morgan fingerprint density at radius 3 is 2.38 bits per heavy atom. The van der Waals surface area contributed by atoms with Crippen molar-refractivity contribution in [3.63, 3.8) is 0 Å². The van der Waals surface area contributed by atoms with Gasteiger partial charge in [0.2, 0.25) is 0 Å². The fraction of sp³-hybridized carbons (Fsp3) is 0.0909. The molecule has 1 aliphatic carbocycles. The van der Waals surface area contributed by atoms with Gasteiger partial charge in [-0.3, -0.25) is 0 Å². The first-order chi connectivity index (χ1) is 11.8. The number of benzene rings is 3. The van der Waals surface area contributed by atoms with Gasteiger partial charge in [-0.15, -0.1) is 0 Å². The largest absolute Gasteiger partial charge is 0.233 e. The zero-order valence-corrected chi connectivity index (χ0v) is 13.5. The van der Waals surface area contributed by atoms with Crippen molar-refractivity contribution >= 4 is 10.8 Å². The van der Waals surface area contributed by atoms with Gasteiger partial charge in [-0.25, -0.2) is 9.97 Å². The van der Waals surface area contributed by atoms with E-state index in [1.807, 2.05) is 13.0 Å². The van der Waals surface area contributed by atoms with Gasteiger partial charge >= 0.3 is 0 Å². The molecule has 0 fully saturated rings. The van der Waals surface area contributed by atoms with Gasteiger partial charge < -0.3 is 0 Å². The van der Waals surface area contributed by atoms with Crippen LogP contribution in [0.25, 0.3) is 33.3 Å². The highest BCUT2D eigenvalue weighted by Crippen LogP contribution is 2.43. The lowest BCUT2D eigenvalue weighted by molar-refractivity contribution is 1.04. The average Bonchev–Trinajstić information content (AvgIpc) is 3.00. The molecule has 0 bridgehead atoms. The summed E-state index contributed by atoms with van der Waals surface area (Å²) in [5, 5.41) is 2.55. The van der Waals surface area contributed by atoms with Crippen LogP contribution in [0, 0.1) is 6.92 Å². The predicted octanol–water partition coefficient (Wildman–Crippen LogP) is 5.18. The molecular formula is C22H16N2. The predicted molar refractivity (Wildman–Crippen MR) is 98.0 cm³/mol. The first-order valence-corrected chi connectivity index (χ1v) is 8.25. The quantitative estimate of drug-likeness (QED) is 0.426. The van der Waals surface area contributed by atoms with Crippen molar-refractivity contribution in [3.05, 3.63) is 83.7 Å². The summed E-state index contributed by atoms with van der Waals surface area (Å²) in [6, 6.07) is 23.4. The Balaban J connectivity index is 1.84. The molecule has 2 nitrogen and oxygen atoms in total. The Morgan fingerprint density at radius 2 is 1.50 bits per heavy atom. The number of fused-ring (bicyclic) bond motifs is 5. The Labute approximate surface area is 140 Å². The standard InChI is InChI=1S/C22H16N2/c1-14-23-21(16-8-3-2-4-9-16)19-13-17-12-11-15-7-5-6-10-18(15)20(17)22(19)24-14/h2-12H,13H2,1H3. The lowest BCUT2D eigenvalue weighted by Gasteiger charge is -2.09. The van der Waals surface area contributed by atoms with Crippen molar-refractivity contribution in [1.29, 1.82) is 0 Å². The maximum atomic E-state index is 4.82. The Kier molecular flexibility index (Phi) is 2.80. The highest BCUT2D eigenvalue weighted by Gasteiger charge is 2.26. The van der Waals surface area contributed by atoms with Gasteiger partial charge in [0, 0.05) is 23.1 Å². The van der Waals surface area contributed by atoms with Crippen LogP contribution in [0.5, 0.6) is 0 Å². The Morgan fingerprint density at radius 1 is 0.750 bits per heavy atom. The van der Waals surface area contributed by atoms with Gasteiger partial charge in [-0.2, -0.15) is 0 Å². The van der Waals surface area contributed by atoms with Crippen molar-refractivity contribution in [2.45, 2.75) is 13.3 Å². The van der Waals surface area contributed by atoms with E-state index in [4.69, 9.17) is 9.97 Å². The van der Waals surface area contributed by atoms with Gasteiger partial charge in [0.1, 0.15) is 5.82 Å². The highest BCUT2D eigenvalue weighted by molar-refractivity contribution is 6.01. The minimum absolute atomic E-state index is 0.827. The van der Waals surface area contributed by atoms with Crippen LogP contribution in [0.15, 0.2) is 66.7 Å². The smallest absolute Gasteiger partial charge is 0.126 e. The molecule has 0 saturated carbocycles. The number of hydrogen-bond donors (Lipinski definition) is 0. The molecule has 0 N–H and O–H groups in total. The third-order valence-corrected chi connectivity index (χ3v) is 4.79. The van der Waals surface area contributed by atoms with Crippen molar-refractivity contribution in [2.75, 3.05) is 0 Å². The summed E-state index contributed by atoms with van der Waals surface area (Å²) in [5.74, 6) is 0.827. The van der Waals surface area contributed by atoms with Crippen LogP contribution in [-0.2, 0) is 6.42 Å². The Bertz CT molecular complexity index is 1080. The molecule has 0 amide bonds. The van der Waals surface area contributed by atoms with Crippen LogP contribution in [0.3, 0.4) is 0 Å².